The lowest BCUT2D eigenvalue weighted by Gasteiger charge is -2.10. The first-order valence-corrected chi connectivity index (χ1v) is 8.05. The normalized spacial score (nSPS) is 13.8. The molecule has 25 heavy (non-hydrogen) atoms. The van der Waals surface area contributed by atoms with E-state index in [1.807, 2.05) is 12.1 Å². The molecule has 1 aromatic rings. The van der Waals surface area contributed by atoms with Crippen molar-refractivity contribution in [1.82, 2.24) is 5.32 Å². The fraction of sp³-hybridized carbons (Fsp3) is 0.389. The van der Waals surface area contributed by atoms with Crippen molar-refractivity contribution in [1.29, 1.82) is 0 Å². The molecule has 1 aliphatic rings. The third-order valence-electron chi connectivity index (χ3n) is 3.68. The lowest BCUT2D eigenvalue weighted by molar-refractivity contribution is -0.138. The molecule has 0 atom stereocenters. The number of anilines is 1. The number of rotatable bonds is 8. The topological polar surface area (TPSA) is 93.7 Å². The Labute approximate surface area is 146 Å². The Hall–Kier alpha value is -2.83. The quantitative estimate of drug-likeness (QED) is 0.548. The summed E-state index contributed by atoms with van der Waals surface area (Å²) in [5.74, 6) is -1.27. The summed E-state index contributed by atoms with van der Waals surface area (Å²) in [6.07, 6.45) is 4.27. The number of ether oxygens (including phenoxy) is 2. The molecule has 0 saturated heterocycles. The second-order valence-corrected chi connectivity index (χ2v) is 5.74. The Kier molecular flexibility index (Phi) is 6.56. The summed E-state index contributed by atoms with van der Waals surface area (Å²) in [6, 6.07) is 7.63. The molecule has 1 amide bonds. The first-order valence-electron chi connectivity index (χ1n) is 8.05. The molecule has 0 unspecified atom stereocenters. The lowest BCUT2D eigenvalue weighted by Crippen LogP contribution is -2.25. The molecule has 0 bridgehead atoms. The molecule has 1 aromatic carbocycles. The van der Waals surface area contributed by atoms with Gasteiger partial charge < -0.3 is 20.1 Å². The maximum absolute atomic E-state index is 11.7. The maximum atomic E-state index is 11.7. The molecule has 134 valence electrons. The number of amides is 1. The van der Waals surface area contributed by atoms with Crippen LogP contribution in [0, 0.1) is 0 Å². The number of benzene rings is 1. The van der Waals surface area contributed by atoms with Gasteiger partial charge >= 0.3 is 11.9 Å². The van der Waals surface area contributed by atoms with Crippen molar-refractivity contribution in [3.05, 3.63) is 41.6 Å². The van der Waals surface area contributed by atoms with Gasteiger partial charge in [-0.2, -0.15) is 0 Å². The summed E-state index contributed by atoms with van der Waals surface area (Å²) < 4.78 is 9.15. The van der Waals surface area contributed by atoms with Crippen molar-refractivity contribution in [2.24, 2.45) is 0 Å². The number of aryl methyl sites for hydroxylation is 1. The van der Waals surface area contributed by atoms with E-state index in [1.54, 1.807) is 12.1 Å². The van der Waals surface area contributed by atoms with Gasteiger partial charge in [0.25, 0.3) is 0 Å². The van der Waals surface area contributed by atoms with Crippen LogP contribution in [0.4, 0.5) is 5.69 Å². The van der Waals surface area contributed by atoms with Gasteiger partial charge in [-0.1, -0.05) is 12.1 Å². The van der Waals surface area contributed by atoms with E-state index in [2.05, 4.69) is 20.1 Å². The van der Waals surface area contributed by atoms with E-state index in [9.17, 15) is 14.4 Å². The Morgan fingerprint density at radius 3 is 2.36 bits per heavy atom. The molecular weight excluding hydrogens is 324 g/mol. The Bertz CT molecular complexity index is 663. The molecule has 7 heteroatoms. The predicted molar refractivity (Wildman–Crippen MR) is 91.7 cm³/mol. The molecule has 0 aromatic heterocycles. The second-order valence-electron chi connectivity index (χ2n) is 5.74. The minimum Gasteiger partial charge on any atom is -0.466 e. The first kappa shape index (κ1) is 18.5. The van der Waals surface area contributed by atoms with E-state index in [4.69, 9.17) is 0 Å². The van der Waals surface area contributed by atoms with E-state index in [0.717, 1.165) is 24.5 Å². The van der Waals surface area contributed by atoms with E-state index in [1.165, 1.54) is 14.2 Å². The highest BCUT2D eigenvalue weighted by atomic mass is 16.5. The second kappa shape index (κ2) is 8.86. The lowest BCUT2D eigenvalue weighted by atomic mass is 10.1. The average Bonchev–Trinajstić information content (AvgIpc) is 3.43. The Balaban J connectivity index is 1.92. The molecule has 1 saturated carbocycles. The minimum atomic E-state index is -0.675. The summed E-state index contributed by atoms with van der Waals surface area (Å²) in [4.78, 5) is 34.7. The van der Waals surface area contributed by atoms with Crippen LogP contribution in [0.25, 0.3) is 0 Å². The van der Waals surface area contributed by atoms with Gasteiger partial charge in [0.15, 0.2) is 0 Å². The van der Waals surface area contributed by atoms with E-state index in [0.29, 0.717) is 24.6 Å². The highest BCUT2D eigenvalue weighted by molar-refractivity contribution is 5.98. The highest BCUT2D eigenvalue weighted by Gasteiger charge is 2.22. The monoisotopic (exact) mass is 346 g/mol. The Morgan fingerprint density at radius 2 is 1.80 bits per heavy atom. The molecule has 1 fully saturated rings. The van der Waals surface area contributed by atoms with Gasteiger partial charge in [-0.25, -0.2) is 9.59 Å². The summed E-state index contributed by atoms with van der Waals surface area (Å²) in [6.45, 7) is 0. The van der Waals surface area contributed by atoms with Crippen LogP contribution in [0.2, 0.25) is 0 Å². The van der Waals surface area contributed by atoms with E-state index in [-0.39, 0.29) is 11.6 Å². The minimum absolute atomic E-state index is 0.0223. The van der Waals surface area contributed by atoms with Crippen LogP contribution in [-0.2, 0) is 30.3 Å². The van der Waals surface area contributed by atoms with Gasteiger partial charge in [-0.05, 0) is 37.0 Å². The number of methoxy groups -OCH3 is 2. The largest absolute Gasteiger partial charge is 0.466 e. The zero-order valence-electron chi connectivity index (χ0n) is 14.3. The molecule has 2 rings (SSSR count). The SMILES string of the molecule is COC(=O)/C=C(/Nc1ccc(CCC(=O)NC2CC2)cc1)C(=O)OC. The molecule has 0 heterocycles. The Morgan fingerprint density at radius 1 is 1.12 bits per heavy atom. The van der Waals surface area contributed by atoms with Crippen molar-refractivity contribution in [3.63, 3.8) is 0 Å². The molecular formula is C18H22N2O5. The molecule has 1 aliphatic carbocycles. The van der Waals surface area contributed by atoms with Crippen molar-refractivity contribution in [3.8, 4) is 0 Å². The molecule has 2 N–H and O–H groups in total. The van der Waals surface area contributed by atoms with Crippen LogP contribution in [0.3, 0.4) is 0 Å². The maximum Gasteiger partial charge on any atom is 0.354 e. The third-order valence-corrected chi connectivity index (χ3v) is 3.68. The zero-order chi connectivity index (χ0) is 18.2. The number of hydrogen-bond donors (Lipinski definition) is 2. The van der Waals surface area contributed by atoms with Gasteiger partial charge in [0.1, 0.15) is 5.70 Å². The van der Waals surface area contributed by atoms with Gasteiger partial charge in [0.2, 0.25) is 5.91 Å². The van der Waals surface area contributed by atoms with Gasteiger partial charge in [0.05, 0.1) is 20.3 Å². The van der Waals surface area contributed by atoms with Crippen LogP contribution in [0.15, 0.2) is 36.0 Å². The van der Waals surface area contributed by atoms with Crippen LogP contribution in [-0.4, -0.2) is 38.1 Å². The van der Waals surface area contributed by atoms with Crippen molar-refractivity contribution in [2.45, 2.75) is 31.7 Å². The summed E-state index contributed by atoms with van der Waals surface area (Å²) in [5, 5.41) is 5.78. The van der Waals surface area contributed by atoms with E-state index < -0.39 is 11.9 Å². The van der Waals surface area contributed by atoms with Crippen molar-refractivity contribution < 1.29 is 23.9 Å². The number of carbonyl (C=O) groups excluding carboxylic acids is 3. The average molecular weight is 346 g/mol. The predicted octanol–water partition coefficient (Wildman–Crippen LogP) is 1.54. The summed E-state index contributed by atoms with van der Waals surface area (Å²) >= 11 is 0. The van der Waals surface area contributed by atoms with Crippen LogP contribution >= 0.6 is 0 Å². The number of carbonyl (C=O) groups is 3. The van der Waals surface area contributed by atoms with Crippen molar-refractivity contribution in [2.75, 3.05) is 19.5 Å². The zero-order valence-corrected chi connectivity index (χ0v) is 14.3. The van der Waals surface area contributed by atoms with Gasteiger partial charge in [-0.3, -0.25) is 4.79 Å². The van der Waals surface area contributed by atoms with Crippen LogP contribution in [0.1, 0.15) is 24.8 Å². The van der Waals surface area contributed by atoms with Gasteiger partial charge in [-0.15, -0.1) is 0 Å². The molecule has 0 radical (unpaired) electrons. The fourth-order valence-electron chi connectivity index (χ4n) is 2.13. The number of nitrogens with one attached hydrogen (secondary N) is 2. The summed E-state index contributed by atoms with van der Waals surface area (Å²) in [5.41, 5.74) is 1.60. The van der Waals surface area contributed by atoms with Gasteiger partial charge in [0, 0.05) is 18.2 Å². The number of hydrogen-bond acceptors (Lipinski definition) is 6. The summed E-state index contributed by atoms with van der Waals surface area (Å²) in [7, 11) is 2.45. The van der Waals surface area contributed by atoms with Crippen LogP contribution < -0.4 is 10.6 Å². The van der Waals surface area contributed by atoms with Crippen LogP contribution in [0.5, 0.6) is 0 Å². The van der Waals surface area contributed by atoms with Crippen molar-refractivity contribution >= 4 is 23.5 Å². The standard InChI is InChI=1S/C18H22N2O5/c1-24-17(22)11-15(18(23)25-2)19-13-6-3-12(4-7-13)5-10-16(21)20-14-8-9-14/h3-4,6-7,11,14,19H,5,8-10H2,1-2H3,(H,20,21)/b15-11+. The molecule has 0 aliphatic heterocycles. The number of esters is 2. The first-order chi connectivity index (χ1) is 12.0. The third kappa shape index (κ3) is 6.29. The fourth-order valence-corrected chi connectivity index (χ4v) is 2.13. The van der Waals surface area contributed by atoms with E-state index >= 15 is 0 Å². The molecule has 0 spiro atoms. The smallest absolute Gasteiger partial charge is 0.354 e. The highest BCUT2D eigenvalue weighted by Crippen LogP contribution is 2.19. The molecule has 7 nitrogen and oxygen atoms in total.